The molecule has 0 atom stereocenters. The number of rotatable bonds is 4. The summed E-state index contributed by atoms with van der Waals surface area (Å²) in [5, 5.41) is 10.6. The van der Waals surface area contributed by atoms with Crippen LogP contribution in [0.4, 0.5) is 10.5 Å². The lowest BCUT2D eigenvalue weighted by atomic mass is 10.2. The molecule has 0 aliphatic carbocycles. The molecule has 4 rings (SSSR count). The zero-order chi connectivity index (χ0) is 18.8. The molecule has 27 heavy (non-hydrogen) atoms. The highest BCUT2D eigenvalue weighted by molar-refractivity contribution is 6.31. The van der Waals surface area contributed by atoms with Gasteiger partial charge in [0.15, 0.2) is 0 Å². The van der Waals surface area contributed by atoms with E-state index in [1.165, 1.54) is 0 Å². The highest BCUT2D eigenvalue weighted by Gasteiger charge is 2.11. The molecule has 0 saturated heterocycles. The maximum Gasteiger partial charge on any atom is 0.319 e. The summed E-state index contributed by atoms with van der Waals surface area (Å²) in [6, 6.07) is 14.3. The number of carbonyl (C=O) groups is 1. The van der Waals surface area contributed by atoms with Gasteiger partial charge in [0.25, 0.3) is 0 Å². The summed E-state index contributed by atoms with van der Waals surface area (Å²) in [7, 11) is 0. The van der Waals surface area contributed by atoms with Crippen LogP contribution >= 0.6 is 11.6 Å². The van der Waals surface area contributed by atoms with Crippen molar-refractivity contribution in [1.29, 1.82) is 0 Å². The molecule has 136 valence electrons. The minimum atomic E-state index is -0.310. The van der Waals surface area contributed by atoms with E-state index in [0.717, 1.165) is 17.0 Å². The van der Waals surface area contributed by atoms with Crippen molar-refractivity contribution in [2.24, 2.45) is 0 Å². The predicted molar refractivity (Wildman–Crippen MR) is 103 cm³/mol. The van der Waals surface area contributed by atoms with Gasteiger partial charge in [-0.25, -0.2) is 9.78 Å². The first-order valence-corrected chi connectivity index (χ1v) is 8.68. The van der Waals surface area contributed by atoms with Gasteiger partial charge >= 0.3 is 6.03 Å². The van der Waals surface area contributed by atoms with Crippen LogP contribution in [0.1, 0.15) is 11.4 Å². The van der Waals surface area contributed by atoms with Crippen LogP contribution in [-0.2, 0) is 6.54 Å². The number of halogens is 1. The molecule has 2 aromatic heterocycles. The first kappa shape index (κ1) is 17.1. The number of benzene rings is 2. The van der Waals surface area contributed by atoms with Crippen molar-refractivity contribution in [3.05, 3.63) is 71.1 Å². The number of carbonyl (C=O) groups excluding carboxylic acids is 1. The van der Waals surface area contributed by atoms with Gasteiger partial charge in [-0.3, -0.25) is 0 Å². The largest absolute Gasteiger partial charge is 0.417 e. The number of nitrogens with one attached hydrogen (secondary N) is 2. The van der Waals surface area contributed by atoms with E-state index < -0.39 is 0 Å². The van der Waals surface area contributed by atoms with Gasteiger partial charge in [-0.05, 0) is 42.8 Å². The zero-order valence-electron chi connectivity index (χ0n) is 14.4. The Bertz CT molecular complexity index is 1100. The number of nitrogens with zero attached hydrogens (tertiary/aromatic N) is 3. The molecular formula is C19H16ClN5O2. The number of anilines is 1. The highest BCUT2D eigenvalue weighted by Crippen LogP contribution is 2.22. The van der Waals surface area contributed by atoms with Gasteiger partial charge in [0.1, 0.15) is 5.82 Å². The molecule has 4 aromatic rings. The summed E-state index contributed by atoms with van der Waals surface area (Å²) in [5.41, 5.74) is 2.91. The molecule has 7 nitrogen and oxygen atoms in total. The first-order valence-electron chi connectivity index (χ1n) is 8.30. The van der Waals surface area contributed by atoms with Gasteiger partial charge < -0.3 is 15.1 Å². The summed E-state index contributed by atoms with van der Waals surface area (Å²) < 4.78 is 7.31. The summed E-state index contributed by atoms with van der Waals surface area (Å²) in [6.45, 7) is 2.20. The fourth-order valence-electron chi connectivity index (χ4n) is 2.62. The van der Waals surface area contributed by atoms with E-state index in [2.05, 4.69) is 20.7 Å². The zero-order valence-corrected chi connectivity index (χ0v) is 15.2. The quantitative estimate of drug-likeness (QED) is 0.552. The number of aromatic nitrogens is 3. The molecule has 0 spiro atoms. The van der Waals surface area contributed by atoms with Crippen molar-refractivity contribution in [3.63, 3.8) is 0 Å². The number of hydrogen-bond donors (Lipinski definition) is 2. The fourth-order valence-corrected chi connectivity index (χ4v) is 2.83. The molecule has 8 heteroatoms. The van der Waals surface area contributed by atoms with Gasteiger partial charge in [-0.2, -0.15) is 4.52 Å². The third-order valence-electron chi connectivity index (χ3n) is 4.06. The second-order valence-corrected chi connectivity index (χ2v) is 6.35. The molecule has 0 aliphatic rings. The second-order valence-electron chi connectivity index (χ2n) is 5.94. The average molecular weight is 382 g/mol. The molecule has 0 aliphatic heterocycles. The van der Waals surface area contributed by atoms with Crippen LogP contribution in [0.3, 0.4) is 0 Å². The number of amides is 2. The van der Waals surface area contributed by atoms with Gasteiger partial charge in [0.05, 0.1) is 6.20 Å². The van der Waals surface area contributed by atoms with Crippen molar-refractivity contribution in [2.45, 2.75) is 13.5 Å². The molecule has 0 radical (unpaired) electrons. The number of imidazole rings is 1. The number of urea groups is 1. The summed E-state index contributed by atoms with van der Waals surface area (Å²) in [5.74, 6) is 1.25. The highest BCUT2D eigenvalue weighted by atomic mass is 35.5. The van der Waals surface area contributed by atoms with Gasteiger partial charge in [0.2, 0.25) is 11.6 Å². The predicted octanol–water partition coefficient (Wildman–Crippen LogP) is 4.27. The van der Waals surface area contributed by atoms with E-state index >= 15 is 0 Å². The van der Waals surface area contributed by atoms with Crippen LogP contribution in [0.25, 0.3) is 17.2 Å². The second kappa shape index (κ2) is 7.13. The average Bonchev–Trinajstić information content (AvgIpc) is 3.24. The van der Waals surface area contributed by atoms with Crippen LogP contribution in [-0.4, -0.2) is 20.6 Å². The van der Waals surface area contributed by atoms with E-state index in [9.17, 15) is 4.79 Å². The van der Waals surface area contributed by atoms with E-state index in [1.807, 2.05) is 37.3 Å². The number of hydrogen-bond acceptors (Lipinski definition) is 4. The van der Waals surface area contributed by atoms with E-state index in [4.69, 9.17) is 16.0 Å². The molecule has 2 amide bonds. The Morgan fingerprint density at radius 3 is 2.70 bits per heavy atom. The molecule has 0 bridgehead atoms. The van der Waals surface area contributed by atoms with Gasteiger partial charge in [0, 0.05) is 22.8 Å². The van der Waals surface area contributed by atoms with Crippen LogP contribution in [0.2, 0.25) is 5.02 Å². The summed E-state index contributed by atoms with van der Waals surface area (Å²) in [6.07, 6.45) is 1.63. The van der Waals surface area contributed by atoms with E-state index in [-0.39, 0.29) is 6.03 Å². The minimum absolute atomic E-state index is 0.310. The van der Waals surface area contributed by atoms with Crippen molar-refractivity contribution >= 4 is 29.0 Å². The maximum atomic E-state index is 12.1. The Kier molecular flexibility index (Phi) is 4.52. The standard InChI is InChI=1S/C19H16ClN5O2/c1-12-21-11-17-25(12)24-18(27-17)13-6-8-15(9-7-13)23-19(26)22-10-14-4-2-3-5-16(14)20/h2-9,11H,10H2,1H3,(H2,22,23,26). The van der Waals surface area contributed by atoms with E-state index in [0.29, 0.717) is 28.9 Å². The molecule has 2 aromatic carbocycles. The molecule has 0 fully saturated rings. The van der Waals surface area contributed by atoms with Crippen molar-refractivity contribution in [1.82, 2.24) is 19.9 Å². The fraction of sp³-hybridized carbons (Fsp3) is 0.105. The lowest BCUT2D eigenvalue weighted by Gasteiger charge is -2.09. The molecule has 2 heterocycles. The summed E-state index contributed by atoms with van der Waals surface area (Å²) >= 11 is 6.08. The normalized spacial score (nSPS) is 10.9. The Balaban J connectivity index is 1.40. The summed E-state index contributed by atoms with van der Waals surface area (Å²) in [4.78, 5) is 16.2. The first-order chi connectivity index (χ1) is 13.1. The van der Waals surface area contributed by atoms with Crippen LogP contribution < -0.4 is 10.6 Å². The van der Waals surface area contributed by atoms with Crippen molar-refractivity contribution in [3.8, 4) is 11.5 Å². The molecule has 0 unspecified atom stereocenters. The molecule has 2 N–H and O–H groups in total. The lowest BCUT2D eigenvalue weighted by molar-refractivity contribution is 0.251. The molecule has 0 saturated carbocycles. The topological polar surface area (TPSA) is 84.5 Å². The minimum Gasteiger partial charge on any atom is -0.417 e. The smallest absolute Gasteiger partial charge is 0.319 e. The van der Waals surface area contributed by atoms with Crippen LogP contribution in [0.5, 0.6) is 0 Å². The monoisotopic (exact) mass is 381 g/mol. The van der Waals surface area contributed by atoms with Crippen molar-refractivity contribution < 1.29 is 9.21 Å². The Morgan fingerprint density at radius 1 is 1.19 bits per heavy atom. The number of aryl methyl sites for hydroxylation is 1. The third kappa shape index (κ3) is 3.63. The van der Waals surface area contributed by atoms with Crippen LogP contribution in [0.15, 0.2) is 59.1 Å². The van der Waals surface area contributed by atoms with Gasteiger partial charge in [-0.1, -0.05) is 29.8 Å². The van der Waals surface area contributed by atoms with Crippen molar-refractivity contribution in [2.75, 3.05) is 5.32 Å². The SMILES string of the molecule is Cc1ncc2oc(-c3ccc(NC(=O)NCc4ccccc4Cl)cc3)nn12. The Hall–Kier alpha value is -3.32. The van der Waals surface area contributed by atoms with Crippen LogP contribution in [0, 0.1) is 6.92 Å². The Labute approximate surface area is 160 Å². The van der Waals surface area contributed by atoms with E-state index in [1.54, 1.807) is 28.9 Å². The maximum absolute atomic E-state index is 12.1. The number of fused-ring (bicyclic) bond motifs is 1. The lowest BCUT2D eigenvalue weighted by Crippen LogP contribution is -2.28. The van der Waals surface area contributed by atoms with Gasteiger partial charge in [-0.15, -0.1) is 5.10 Å². The Morgan fingerprint density at radius 2 is 1.96 bits per heavy atom. The third-order valence-corrected chi connectivity index (χ3v) is 4.42. The molecular weight excluding hydrogens is 366 g/mol.